The number of aromatic amines is 1. The minimum atomic E-state index is -0.630. The van der Waals surface area contributed by atoms with Crippen LogP contribution in [0.2, 0.25) is 0 Å². The minimum absolute atomic E-state index is 0. The van der Waals surface area contributed by atoms with E-state index in [1.807, 2.05) is 25.3 Å². The number of rotatable bonds is 6. The average Bonchev–Trinajstić information content (AvgIpc) is 3.06. The van der Waals surface area contributed by atoms with Gasteiger partial charge in [-0.15, -0.1) is 24.0 Å². The summed E-state index contributed by atoms with van der Waals surface area (Å²) in [5.74, 6) is -0.294. The summed E-state index contributed by atoms with van der Waals surface area (Å²) in [7, 11) is 0. The van der Waals surface area contributed by atoms with Crippen LogP contribution in [0.15, 0.2) is 53.7 Å². The highest BCUT2D eigenvalue weighted by Crippen LogP contribution is 2.18. The molecule has 0 spiro atoms. The lowest BCUT2D eigenvalue weighted by atomic mass is 10.1. The molecule has 0 saturated carbocycles. The largest absolute Gasteiger partial charge is 0.505 e. The third-order valence-electron chi connectivity index (χ3n) is 4.14. The van der Waals surface area contributed by atoms with Crippen molar-refractivity contribution in [2.75, 3.05) is 13.1 Å². The molecule has 0 bridgehead atoms. The molecule has 0 aliphatic rings. The van der Waals surface area contributed by atoms with E-state index in [-0.39, 0.29) is 29.7 Å². The van der Waals surface area contributed by atoms with Crippen LogP contribution in [0.3, 0.4) is 0 Å². The Bertz CT molecular complexity index is 910. The molecule has 0 radical (unpaired) electrons. The molecule has 144 valence electrons. The van der Waals surface area contributed by atoms with E-state index in [9.17, 15) is 9.50 Å². The maximum atomic E-state index is 13.4. The topological polar surface area (TPSA) is 72.4 Å². The number of hydrogen-bond donors (Lipinski definition) is 4. The Morgan fingerprint density at radius 2 is 2.00 bits per heavy atom. The van der Waals surface area contributed by atoms with Crippen LogP contribution in [-0.4, -0.2) is 29.1 Å². The molecular weight excluding hydrogens is 458 g/mol. The molecule has 0 aliphatic heterocycles. The summed E-state index contributed by atoms with van der Waals surface area (Å²) in [4.78, 5) is 7.75. The zero-order valence-electron chi connectivity index (χ0n) is 15.1. The number of nitrogens with one attached hydrogen (secondary N) is 3. The van der Waals surface area contributed by atoms with Crippen LogP contribution in [0.4, 0.5) is 4.39 Å². The summed E-state index contributed by atoms with van der Waals surface area (Å²) >= 11 is 0. The predicted octanol–water partition coefficient (Wildman–Crippen LogP) is 3.93. The average molecular weight is 482 g/mol. The maximum Gasteiger partial charge on any atom is 0.191 e. The monoisotopic (exact) mass is 482 g/mol. The van der Waals surface area contributed by atoms with E-state index in [4.69, 9.17) is 0 Å². The van der Waals surface area contributed by atoms with Crippen LogP contribution in [-0.2, 0) is 13.0 Å². The van der Waals surface area contributed by atoms with Crippen molar-refractivity contribution in [3.05, 3.63) is 65.6 Å². The fourth-order valence-corrected chi connectivity index (χ4v) is 2.81. The van der Waals surface area contributed by atoms with Gasteiger partial charge in [0.25, 0.3) is 0 Å². The first kappa shape index (κ1) is 21.0. The van der Waals surface area contributed by atoms with Crippen LogP contribution in [0.1, 0.15) is 18.1 Å². The fraction of sp³-hybridized carbons (Fsp3) is 0.250. The molecule has 0 atom stereocenters. The minimum Gasteiger partial charge on any atom is -0.505 e. The quantitative estimate of drug-likeness (QED) is 0.245. The van der Waals surface area contributed by atoms with Gasteiger partial charge in [0, 0.05) is 30.2 Å². The molecule has 7 heteroatoms. The van der Waals surface area contributed by atoms with Crippen molar-refractivity contribution >= 4 is 40.8 Å². The molecule has 0 amide bonds. The number of phenolic OH excluding ortho intramolecular Hbond substituents is 1. The lowest BCUT2D eigenvalue weighted by Crippen LogP contribution is -2.38. The number of H-pyrrole nitrogens is 1. The number of phenols is 1. The molecule has 3 aromatic rings. The molecular formula is C20H24FIN4O. The first-order valence-electron chi connectivity index (χ1n) is 8.72. The van der Waals surface area contributed by atoms with Crippen LogP contribution in [0.25, 0.3) is 10.9 Å². The van der Waals surface area contributed by atoms with E-state index in [0.717, 1.165) is 25.0 Å². The number of fused-ring (bicyclic) bond motifs is 1. The molecule has 0 aliphatic carbocycles. The highest BCUT2D eigenvalue weighted by Gasteiger charge is 2.04. The van der Waals surface area contributed by atoms with Gasteiger partial charge < -0.3 is 20.7 Å². The first-order valence-corrected chi connectivity index (χ1v) is 8.72. The van der Waals surface area contributed by atoms with Crippen LogP contribution < -0.4 is 10.6 Å². The van der Waals surface area contributed by atoms with E-state index in [1.165, 1.54) is 23.1 Å². The molecule has 5 nitrogen and oxygen atoms in total. The van der Waals surface area contributed by atoms with E-state index in [2.05, 4.69) is 32.7 Å². The molecule has 3 rings (SSSR count). The number of nitrogens with zero attached hydrogens (tertiary/aromatic N) is 1. The van der Waals surface area contributed by atoms with Gasteiger partial charge in [0.05, 0.1) is 6.54 Å². The van der Waals surface area contributed by atoms with E-state index in [1.54, 1.807) is 6.07 Å². The summed E-state index contributed by atoms with van der Waals surface area (Å²) in [6.07, 6.45) is 2.90. The van der Waals surface area contributed by atoms with Gasteiger partial charge in [0.15, 0.2) is 17.5 Å². The Morgan fingerprint density at radius 3 is 2.78 bits per heavy atom. The predicted molar refractivity (Wildman–Crippen MR) is 118 cm³/mol. The highest BCUT2D eigenvalue weighted by atomic mass is 127. The number of aromatic nitrogens is 1. The zero-order valence-corrected chi connectivity index (χ0v) is 17.5. The summed E-state index contributed by atoms with van der Waals surface area (Å²) < 4.78 is 13.4. The SMILES string of the molecule is CCNC(=NCc1ccc(O)c(F)c1)NCCc1c[nH]c2ccccc12.I. The van der Waals surface area contributed by atoms with Crippen molar-refractivity contribution in [1.29, 1.82) is 0 Å². The Balaban J connectivity index is 0.00000261. The van der Waals surface area contributed by atoms with Gasteiger partial charge in [0.1, 0.15) is 0 Å². The Morgan fingerprint density at radius 1 is 1.19 bits per heavy atom. The van der Waals surface area contributed by atoms with E-state index in [0.29, 0.717) is 18.1 Å². The van der Waals surface area contributed by atoms with Gasteiger partial charge in [-0.1, -0.05) is 24.3 Å². The van der Waals surface area contributed by atoms with Crippen molar-refractivity contribution < 1.29 is 9.50 Å². The van der Waals surface area contributed by atoms with Gasteiger partial charge in [-0.2, -0.15) is 0 Å². The van der Waals surface area contributed by atoms with E-state index >= 15 is 0 Å². The second-order valence-electron chi connectivity index (χ2n) is 6.02. The number of benzene rings is 2. The smallest absolute Gasteiger partial charge is 0.191 e. The second kappa shape index (κ2) is 10.1. The molecule has 2 aromatic carbocycles. The normalized spacial score (nSPS) is 11.3. The molecule has 0 saturated heterocycles. The van der Waals surface area contributed by atoms with Gasteiger partial charge in [0.2, 0.25) is 0 Å². The number of aromatic hydroxyl groups is 1. The van der Waals surface area contributed by atoms with Crippen LogP contribution in [0.5, 0.6) is 5.75 Å². The van der Waals surface area contributed by atoms with E-state index < -0.39 is 5.82 Å². The van der Waals surface area contributed by atoms with Gasteiger partial charge in [-0.05, 0) is 42.7 Å². The second-order valence-corrected chi connectivity index (χ2v) is 6.02. The van der Waals surface area contributed by atoms with Crippen molar-refractivity contribution in [1.82, 2.24) is 15.6 Å². The van der Waals surface area contributed by atoms with Crippen LogP contribution in [0, 0.1) is 5.82 Å². The first-order chi connectivity index (χ1) is 12.7. The summed E-state index contributed by atoms with van der Waals surface area (Å²) in [6, 6.07) is 12.5. The molecule has 1 heterocycles. The standard InChI is InChI=1S/C20H23FN4O.HI/c1-2-22-20(25-12-14-7-8-19(26)17(21)11-14)23-10-9-15-13-24-18-6-4-3-5-16(15)18;/h3-8,11,13,24,26H,2,9-10,12H2,1H3,(H2,22,23,25);1H. The molecule has 0 unspecified atom stereocenters. The maximum absolute atomic E-state index is 13.4. The third kappa shape index (κ3) is 5.59. The van der Waals surface area contributed by atoms with Crippen molar-refractivity contribution in [2.45, 2.75) is 19.9 Å². The lowest BCUT2D eigenvalue weighted by molar-refractivity contribution is 0.432. The summed E-state index contributed by atoms with van der Waals surface area (Å²) in [5.41, 5.74) is 3.09. The van der Waals surface area contributed by atoms with Crippen molar-refractivity contribution in [3.8, 4) is 5.75 Å². The van der Waals surface area contributed by atoms with Gasteiger partial charge in [-0.3, -0.25) is 0 Å². The van der Waals surface area contributed by atoms with Crippen molar-refractivity contribution in [3.63, 3.8) is 0 Å². The van der Waals surface area contributed by atoms with Crippen molar-refractivity contribution in [2.24, 2.45) is 4.99 Å². The number of para-hydroxylation sites is 1. The summed E-state index contributed by atoms with van der Waals surface area (Å²) in [6.45, 7) is 3.80. The highest BCUT2D eigenvalue weighted by molar-refractivity contribution is 14.0. The summed E-state index contributed by atoms with van der Waals surface area (Å²) in [5, 5.41) is 17.0. The third-order valence-corrected chi connectivity index (χ3v) is 4.14. The van der Waals surface area contributed by atoms with Crippen LogP contribution >= 0.6 is 24.0 Å². The molecule has 0 fully saturated rings. The fourth-order valence-electron chi connectivity index (χ4n) is 2.81. The molecule has 1 aromatic heterocycles. The molecule has 4 N–H and O–H groups in total. The number of aliphatic imine (C=N–C) groups is 1. The Kier molecular flexibility index (Phi) is 7.90. The number of halogens is 2. The number of hydrogen-bond acceptors (Lipinski definition) is 2. The molecule has 27 heavy (non-hydrogen) atoms. The zero-order chi connectivity index (χ0) is 18.4. The number of guanidine groups is 1. The van der Waals surface area contributed by atoms with Gasteiger partial charge in [-0.25, -0.2) is 9.38 Å². The Hall–Kier alpha value is -2.29. The van der Waals surface area contributed by atoms with Gasteiger partial charge >= 0.3 is 0 Å². The Labute approximate surface area is 175 Å². The lowest BCUT2D eigenvalue weighted by Gasteiger charge is -2.11.